The Morgan fingerprint density at radius 3 is 2.77 bits per heavy atom. The Bertz CT molecular complexity index is 280. The van der Waals surface area contributed by atoms with Crippen LogP contribution in [-0.2, 0) is 10.8 Å². The number of hydrogen-bond acceptors (Lipinski definition) is 2. The van der Waals surface area contributed by atoms with E-state index in [-0.39, 0.29) is 0 Å². The predicted molar refractivity (Wildman–Crippen MR) is 57.9 cm³/mol. The highest BCUT2D eigenvalue weighted by Gasteiger charge is 2.24. The lowest BCUT2D eigenvalue weighted by molar-refractivity contribution is -0.134. The van der Waals surface area contributed by atoms with Crippen LogP contribution >= 0.6 is 11.3 Å². The van der Waals surface area contributed by atoms with Crippen LogP contribution in [0.2, 0.25) is 19.1 Å². The molecule has 13 heavy (non-hydrogen) atoms. The lowest BCUT2D eigenvalue weighted by atomic mass is 10.5. The molecule has 1 aromatic rings. The van der Waals surface area contributed by atoms with Gasteiger partial charge in [-0.3, -0.25) is 4.79 Å². The topological polar surface area (TPSA) is 37.3 Å². The third-order valence-electron chi connectivity index (χ3n) is 1.86. The van der Waals surface area contributed by atoms with Gasteiger partial charge < -0.3 is 5.11 Å². The maximum absolute atomic E-state index is 10.6. The zero-order valence-corrected chi connectivity index (χ0v) is 9.73. The summed E-state index contributed by atoms with van der Waals surface area (Å²) in [5.41, 5.74) is 0. The van der Waals surface area contributed by atoms with Gasteiger partial charge in [-0.2, -0.15) is 0 Å². The van der Waals surface area contributed by atoms with Crippen molar-refractivity contribution in [2.24, 2.45) is 0 Å². The van der Waals surface area contributed by atoms with Crippen LogP contribution in [0.25, 0.3) is 0 Å². The highest BCUT2D eigenvalue weighted by molar-refractivity contribution is 7.10. The highest BCUT2D eigenvalue weighted by Crippen LogP contribution is 2.19. The summed E-state index contributed by atoms with van der Waals surface area (Å²) in [6.45, 7) is 4.25. The van der Waals surface area contributed by atoms with E-state index in [0.29, 0.717) is 6.04 Å². The summed E-state index contributed by atoms with van der Waals surface area (Å²) in [5, 5.41) is 10.8. The van der Waals surface area contributed by atoms with Gasteiger partial charge in [-0.05, 0) is 17.5 Å². The minimum Gasteiger partial charge on any atom is -0.481 e. The molecule has 0 radical (unpaired) electrons. The van der Waals surface area contributed by atoms with E-state index in [1.807, 2.05) is 11.4 Å². The van der Waals surface area contributed by atoms with Gasteiger partial charge in [0.25, 0.3) is 0 Å². The summed E-state index contributed by atoms with van der Waals surface area (Å²) in [5.74, 6) is -0.659. The maximum Gasteiger partial charge on any atom is 0.300 e. The van der Waals surface area contributed by atoms with Crippen LogP contribution in [0.15, 0.2) is 17.5 Å². The van der Waals surface area contributed by atoms with E-state index in [0.717, 1.165) is 6.04 Å². The second kappa shape index (κ2) is 4.06. The summed E-state index contributed by atoms with van der Waals surface area (Å²) in [7, 11) is -1.56. The SMILES string of the molecule is C[Si](C)(CC(=O)O)Cc1cccs1. The van der Waals surface area contributed by atoms with Crippen molar-refractivity contribution in [2.45, 2.75) is 25.2 Å². The molecule has 0 unspecified atom stereocenters. The molecule has 0 amide bonds. The van der Waals surface area contributed by atoms with Crippen LogP contribution in [-0.4, -0.2) is 19.1 Å². The summed E-state index contributed by atoms with van der Waals surface area (Å²) in [6, 6.07) is 5.45. The molecule has 0 atom stereocenters. The predicted octanol–water partition coefficient (Wildman–Crippen LogP) is 2.62. The number of carboxylic acids is 1. The molecular formula is C9H14O2SSi. The Hall–Kier alpha value is -0.613. The van der Waals surface area contributed by atoms with Gasteiger partial charge in [0.2, 0.25) is 0 Å². The van der Waals surface area contributed by atoms with E-state index in [1.54, 1.807) is 11.3 Å². The van der Waals surface area contributed by atoms with Crippen molar-refractivity contribution in [1.82, 2.24) is 0 Å². The van der Waals surface area contributed by atoms with Crippen LogP contribution in [0.1, 0.15) is 4.88 Å². The Morgan fingerprint density at radius 1 is 1.62 bits per heavy atom. The first-order chi connectivity index (χ1) is 5.99. The van der Waals surface area contributed by atoms with Crippen LogP contribution in [0.4, 0.5) is 0 Å². The molecule has 0 fully saturated rings. The molecule has 1 N–H and O–H groups in total. The fraction of sp³-hybridized carbons (Fsp3) is 0.444. The van der Waals surface area contributed by atoms with Crippen molar-refractivity contribution in [3.05, 3.63) is 22.4 Å². The third kappa shape index (κ3) is 3.74. The van der Waals surface area contributed by atoms with Crippen LogP contribution in [0, 0.1) is 0 Å². The Morgan fingerprint density at radius 2 is 2.31 bits per heavy atom. The third-order valence-corrected chi connectivity index (χ3v) is 5.59. The zero-order valence-electron chi connectivity index (χ0n) is 7.91. The van der Waals surface area contributed by atoms with Crippen molar-refractivity contribution >= 4 is 25.4 Å². The van der Waals surface area contributed by atoms with Gasteiger partial charge in [0, 0.05) is 10.9 Å². The van der Waals surface area contributed by atoms with Gasteiger partial charge in [0.15, 0.2) is 0 Å². The van der Waals surface area contributed by atoms with Crippen molar-refractivity contribution < 1.29 is 9.90 Å². The fourth-order valence-electron chi connectivity index (χ4n) is 1.36. The van der Waals surface area contributed by atoms with Crippen molar-refractivity contribution in [1.29, 1.82) is 0 Å². The molecular weight excluding hydrogens is 200 g/mol. The smallest absolute Gasteiger partial charge is 0.300 e. The Balaban J connectivity index is 2.56. The van der Waals surface area contributed by atoms with Crippen molar-refractivity contribution in [3.63, 3.8) is 0 Å². The molecule has 1 heterocycles. The van der Waals surface area contributed by atoms with Crippen LogP contribution in [0.5, 0.6) is 0 Å². The van der Waals surface area contributed by atoms with Gasteiger partial charge in [-0.25, -0.2) is 0 Å². The van der Waals surface area contributed by atoms with E-state index in [2.05, 4.69) is 19.2 Å². The Kier molecular flexibility index (Phi) is 3.27. The zero-order chi connectivity index (χ0) is 9.90. The normalized spacial score (nSPS) is 11.5. The van der Waals surface area contributed by atoms with E-state index < -0.39 is 14.0 Å². The number of carboxylic acid groups (broad SMARTS) is 1. The second-order valence-corrected chi connectivity index (χ2v) is 10.1. The van der Waals surface area contributed by atoms with Gasteiger partial charge in [-0.15, -0.1) is 11.3 Å². The first kappa shape index (κ1) is 10.5. The molecule has 0 aliphatic heterocycles. The minimum absolute atomic E-state index is 0.366. The van der Waals surface area contributed by atoms with Gasteiger partial charge in [-0.1, -0.05) is 19.2 Å². The summed E-state index contributed by atoms with van der Waals surface area (Å²) >= 11 is 1.72. The largest absolute Gasteiger partial charge is 0.481 e. The molecule has 1 aromatic heterocycles. The lowest BCUT2D eigenvalue weighted by Crippen LogP contribution is -2.31. The maximum atomic E-state index is 10.6. The molecule has 4 heteroatoms. The molecule has 0 spiro atoms. The Labute approximate surface area is 83.2 Å². The molecule has 0 saturated carbocycles. The second-order valence-electron chi connectivity index (χ2n) is 3.99. The molecule has 72 valence electrons. The van der Waals surface area contributed by atoms with E-state index in [9.17, 15) is 4.79 Å². The molecule has 1 rings (SSSR count). The van der Waals surface area contributed by atoms with E-state index in [1.165, 1.54) is 4.88 Å². The average Bonchev–Trinajstić information content (AvgIpc) is 2.34. The number of carbonyl (C=O) groups is 1. The van der Waals surface area contributed by atoms with Crippen LogP contribution in [0.3, 0.4) is 0 Å². The summed E-state index contributed by atoms with van der Waals surface area (Å²) in [4.78, 5) is 11.9. The quantitative estimate of drug-likeness (QED) is 0.782. The monoisotopic (exact) mass is 214 g/mol. The average molecular weight is 214 g/mol. The van der Waals surface area contributed by atoms with Gasteiger partial charge in [0.1, 0.15) is 0 Å². The summed E-state index contributed by atoms with van der Waals surface area (Å²) in [6.07, 6.45) is 0. The summed E-state index contributed by atoms with van der Waals surface area (Å²) < 4.78 is 0. The first-order valence-corrected chi connectivity index (χ1v) is 8.53. The molecule has 0 bridgehead atoms. The molecule has 0 aromatic carbocycles. The van der Waals surface area contributed by atoms with Crippen molar-refractivity contribution in [3.8, 4) is 0 Å². The first-order valence-electron chi connectivity index (χ1n) is 4.24. The standard InChI is InChI=1S/C9H14O2SSi/c1-13(2,7-9(10)11)6-8-4-3-5-12-8/h3-5H,6-7H2,1-2H3,(H,10,11). The van der Waals surface area contributed by atoms with Crippen molar-refractivity contribution in [2.75, 3.05) is 0 Å². The van der Waals surface area contributed by atoms with Crippen LogP contribution < -0.4 is 0 Å². The molecule has 0 saturated heterocycles. The van der Waals surface area contributed by atoms with E-state index in [4.69, 9.17) is 5.11 Å². The van der Waals surface area contributed by atoms with E-state index >= 15 is 0 Å². The fourth-order valence-corrected chi connectivity index (χ4v) is 5.36. The number of aliphatic carboxylic acids is 1. The molecule has 0 aliphatic rings. The van der Waals surface area contributed by atoms with Gasteiger partial charge in [0.05, 0.1) is 8.07 Å². The van der Waals surface area contributed by atoms with Gasteiger partial charge >= 0.3 is 5.97 Å². The number of thiophene rings is 1. The molecule has 2 nitrogen and oxygen atoms in total. The molecule has 0 aliphatic carbocycles. The minimum atomic E-state index is -1.56. The number of hydrogen-bond donors (Lipinski definition) is 1. The number of rotatable bonds is 4. The highest BCUT2D eigenvalue weighted by atomic mass is 32.1. The lowest BCUT2D eigenvalue weighted by Gasteiger charge is -2.18.